The second-order valence-electron chi connectivity index (χ2n) is 10.4. The number of hydrogen-bond donors (Lipinski definition) is 1. The van der Waals surface area contributed by atoms with Gasteiger partial charge in [-0.15, -0.1) is 0 Å². The molecule has 43 heavy (non-hydrogen) atoms. The Kier molecular flexibility index (Phi) is 7.34. The molecule has 224 valence electrons. The molecule has 0 radical (unpaired) electrons. The molecular formula is C30H33N7O5S. The lowest BCUT2D eigenvalue weighted by atomic mass is 10.2. The van der Waals surface area contributed by atoms with Crippen molar-refractivity contribution >= 4 is 38.6 Å². The number of aryl methyl sites for hydroxylation is 1. The van der Waals surface area contributed by atoms with Gasteiger partial charge in [-0.1, -0.05) is 17.7 Å². The van der Waals surface area contributed by atoms with E-state index in [4.69, 9.17) is 24.2 Å². The number of nitrogens with one attached hydrogen (secondary N) is 1. The van der Waals surface area contributed by atoms with Crippen LogP contribution in [0, 0.1) is 6.92 Å². The summed E-state index contributed by atoms with van der Waals surface area (Å²) < 4.78 is 46.9. The van der Waals surface area contributed by atoms with Crippen LogP contribution in [-0.2, 0) is 10.0 Å². The van der Waals surface area contributed by atoms with E-state index in [2.05, 4.69) is 22.1 Å². The smallest absolute Gasteiger partial charge is 0.269 e. The van der Waals surface area contributed by atoms with Crippen molar-refractivity contribution in [3.63, 3.8) is 0 Å². The predicted octanol–water partition coefficient (Wildman–Crippen LogP) is 4.92. The average molecular weight is 604 g/mol. The Bertz CT molecular complexity index is 1880. The van der Waals surface area contributed by atoms with Gasteiger partial charge in [-0.05, 0) is 44.9 Å². The third kappa shape index (κ3) is 5.09. The number of fused-ring (bicyclic) bond motifs is 1. The highest BCUT2D eigenvalue weighted by atomic mass is 32.2. The van der Waals surface area contributed by atoms with Gasteiger partial charge in [0.2, 0.25) is 11.7 Å². The molecule has 0 aliphatic carbocycles. The van der Waals surface area contributed by atoms with Gasteiger partial charge in [0, 0.05) is 30.9 Å². The molecule has 1 fully saturated rings. The molecule has 2 aromatic carbocycles. The van der Waals surface area contributed by atoms with Gasteiger partial charge in [-0.2, -0.15) is 9.97 Å². The molecule has 1 aliphatic rings. The van der Waals surface area contributed by atoms with Crippen molar-refractivity contribution in [2.45, 2.75) is 37.6 Å². The molecule has 0 amide bonds. The van der Waals surface area contributed by atoms with Crippen LogP contribution >= 0.6 is 0 Å². The van der Waals surface area contributed by atoms with Crippen molar-refractivity contribution < 1.29 is 22.6 Å². The van der Waals surface area contributed by atoms with Crippen LogP contribution in [0.25, 0.3) is 16.7 Å². The van der Waals surface area contributed by atoms with Gasteiger partial charge in [0.15, 0.2) is 17.1 Å². The summed E-state index contributed by atoms with van der Waals surface area (Å²) >= 11 is 0. The second-order valence-corrected chi connectivity index (χ2v) is 12.2. The normalized spacial score (nSPS) is 15.2. The summed E-state index contributed by atoms with van der Waals surface area (Å²) in [6.45, 7) is 4.82. The molecular weight excluding hydrogens is 570 g/mol. The molecule has 6 rings (SSSR count). The Labute approximate surface area is 249 Å². The zero-order chi connectivity index (χ0) is 30.3. The van der Waals surface area contributed by atoms with Gasteiger partial charge in [0.1, 0.15) is 18.0 Å². The summed E-state index contributed by atoms with van der Waals surface area (Å²) in [6, 6.07) is 12.3. The summed E-state index contributed by atoms with van der Waals surface area (Å²) in [5.74, 6) is 2.93. The van der Waals surface area contributed by atoms with Gasteiger partial charge in [0.25, 0.3) is 10.0 Å². The molecule has 1 aliphatic heterocycles. The molecule has 12 nitrogen and oxygen atoms in total. The van der Waals surface area contributed by atoms with Crippen LogP contribution < -0.4 is 24.4 Å². The molecule has 1 N–H and O–H groups in total. The number of aromatic nitrogens is 5. The summed E-state index contributed by atoms with van der Waals surface area (Å²) in [4.78, 5) is 16.5. The third-order valence-electron chi connectivity index (χ3n) is 7.66. The van der Waals surface area contributed by atoms with Crippen molar-refractivity contribution in [2.75, 3.05) is 38.1 Å². The van der Waals surface area contributed by atoms with Crippen LogP contribution in [0.1, 0.15) is 25.3 Å². The second kappa shape index (κ2) is 11.1. The quantitative estimate of drug-likeness (QED) is 0.248. The van der Waals surface area contributed by atoms with Gasteiger partial charge in [-0.25, -0.2) is 17.4 Å². The van der Waals surface area contributed by atoms with Crippen molar-refractivity contribution in [3.05, 3.63) is 66.7 Å². The molecule has 1 atom stereocenters. The van der Waals surface area contributed by atoms with Crippen LogP contribution in [0.3, 0.4) is 0 Å². The van der Waals surface area contributed by atoms with Crippen LogP contribution in [0.15, 0.2) is 66.1 Å². The maximum atomic E-state index is 13.7. The van der Waals surface area contributed by atoms with E-state index in [9.17, 15) is 8.42 Å². The fourth-order valence-corrected chi connectivity index (χ4v) is 6.61. The third-order valence-corrected chi connectivity index (χ3v) is 9.34. The first-order valence-corrected chi connectivity index (χ1v) is 15.3. The zero-order valence-corrected chi connectivity index (χ0v) is 25.4. The highest BCUT2D eigenvalue weighted by Gasteiger charge is 2.27. The highest BCUT2D eigenvalue weighted by Crippen LogP contribution is 2.39. The van der Waals surface area contributed by atoms with Crippen molar-refractivity contribution in [3.8, 4) is 22.9 Å². The van der Waals surface area contributed by atoms with Crippen molar-refractivity contribution in [1.82, 2.24) is 23.5 Å². The maximum Gasteiger partial charge on any atom is 0.269 e. The molecule has 0 saturated carbocycles. The van der Waals surface area contributed by atoms with Crippen LogP contribution in [-0.4, -0.2) is 65.8 Å². The minimum Gasteiger partial charge on any atom is -0.493 e. The largest absolute Gasteiger partial charge is 0.493 e. The lowest BCUT2D eigenvalue weighted by molar-refractivity contribution is 0.324. The lowest BCUT2D eigenvalue weighted by Gasteiger charge is -2.22. The fourth-order valence-electron chi connectivity index (χ4n) is 5.32. The van der Waals surface area contributed by atoms with E-state index < -0.39 is 10.0 Å². The summed E-state index contributed by atoms with van der Waals surface area (Å²) in [5.41, 5.74) is 2.00. The minimum atomic E-state index is -3.91. The Morgan fingerprint density at radius 2 is 1.70 bits per heavy atom. The van der Waals surface area contributed by atoms with Gasteiger partial charge < -0.3 is 29.0 Å². The Morgan fingerprint density at radius 3 is 2.33 bits per heavy atom. The number of rotatable bonds is 9. The number of nitrogens with zero attached hydrogens (tertiary/aromatic N) is 6. The topological polar surface area (TPSA) is 126 Å². The highest BCUT2D eigenvalue weighted by molar-refractivity contribution is 7.90. The average Bonchev–Trinajstić information content (AvgIpc) is 3.76. The van der Waals surface area contributed by atoms with Gasteiger partial charge in [0.05, 0.1) is 43.5 Å². The predicted molar refractivity (Wildman–Crippen MR) is 164 cm³/mol. The van der Waals surface area contributed by atoms with E-state index in [1.807, 2.05) is 23.6 Å². The van der Waals surface area contributed by atoms with Gasteiger partial charge in [-0.3, -0.25) is 0 Å². The first-order chi connectivity index (χ1) is 20.7. The molecule has 0 bridgehead atoms. The summed E-state index contributed by atoms with van der Waals surface area (Å²) in [6.07, 6.45) is 6.98. The Balaban J connectivity index is 1.42. The van der Waals surface area contributed by atoms with E-state index in [-0.39, 0.29) is 16.6 Å². The molecule has 5 aromatic rings. The van der Waals surface area contributed by atoms with Crippen LogP contribution in [0.5, 0.6) is 17.2 Å². The standard InChI is InChI=1S/C30H33N7O5S/c1-19-8-10-22(11-9-19)43(38,39)37-14-12-23-28(33-30(34-29(23)37)36-13-6-7-20(36)2)32-26-17-35(18-31-26)21-15-24(40-3)27(42-5)25(16-21)41-4/h8-12,14-18,20H,6-7,13H2,1-5H3,(H,32,33,34)/t20-/m1/s1. The Morgan fingerprint density at radius 1 is 0.977 bits per heavy atom. The maximum absolute atomic E-state index is 13.7. The minimum absolute atomic E-state index is 0.184. The van der Waals surface area contributed by atoms with Crippen LogP contribution in [0.4, 0.5) is 17.6 Å². The van der Waals surface area contributed by atoms with Gasteiger partial charge >= 0.3 is 0 Å². The molecule has 0 spiro atoms. The van der Waals surface area contributed by atoms with E-state index in [0.29, 0.717) is 40.2 Å². The number of methoxy groups -OCH3 is 3. The number of anilines is 3. The summed E-state index contributed by atoms with van der Waals surface area (Å²) in [7, 11) is 0.770. The molecule has 1 saturated heterocycles. The molecule has 3 aromatic heterocycles. The number of benzene rings is 2. The fraction of sp³-hybridized carbons (Fsp3) is 0.300. The summed E-state index contributed by atoms with van der Waals surface area (Å²) in [5, 5.41) is 3.85. The van der Waals surface area contributed by atoms with E-state index in [1.54, 1.807) is 64.2 Å². The molecule has 0 unspecified atom stereocenters. The van der Waals surface area contributed by atoms with Crippen LogP contribution in [0.2, 0.25) is 0 Å². The molecule has 13 heteroatoms. The molecule has 4 heterocycles. The van der Waals surface area contributed by atoms with E-state index in [1.165, 1.54) is 10.2 Å². The Hall–Kier alpha value is -4.78. The number of ether oxygens (including phenoxy) is 3. The van der Waals surface area contributed by atoms with Crippen molar-refractivity contribution in [2.24, 2.45) is 0 Å². The first-order valence-electron chi connectivity index (χ1n) is 13.8. The number of imidazole rings is 1. The SMILES string of the molecule is COc1cc(-n2cnc(Nc3nc(N4CCC[C@H]4C)nc4c3ccn4S(=O)(=O)c3ccc(C)cc3)c2)cc(OC)c1OC. The lowest BCUT2D eigenvalue weighted by Crippen LogP contribution is -2.28. The zero-order valence-electron chi connectivity index (χ0n) is 24.6. The van der Waals surface area contributed by atoms with Crippen molar-refractivity contribution in [1.29, 1.82) is 0 Å². The first kappa shape index (κ1) is 28.3. The number of hydrogen-bond acceptors (Lipinski definition) is 10. The van der Waals surface area contributed by atoms with E-state index in [0.717, 1.165) is 30.6 Å². The monoisotopic (exact) mass is 603 g/mol. The van der Waals surface area contributed by atoms with E-state index >= 15 is 0 Å².